The van der Waals surface area contributed by atoms with Gasteiger partial charge in [-0.1, -0.05) is 84.4 Å². The summed E-state index contributed by atoms with van der Waals surface area (Å²) in [6.07, 6.45) is 4.51. The Labute approximate surface area is 194 Å². The normalized spacial score (nSPS) is 12.8. The largest absolute Gasteiger partial charge is 0.357 e. The summed E-state index contributed by atoms with van der Waals surface area (Å²) in [5.74, 6) is 1.22. The van der Waals surface area contributed by atoms with E-state index in [0.29, 0.717) is 0 Å². The molecule has 3 aromatic carbocycles. The van der Waals surface area contributed by atoms with Gasteiger partial charge in [-0.2, -0.15) is 0 Å². The summed E-state index contributed by atoms with van der Waals surface area (Å²) in [5.41, 5.74) is 9.08. The van der Waals surface area contributed by atoms with Crippen LogP contribution in [0.2, 0.25) is 0 Å². The maximum Gasteiger partial charge on any atom is 0.121 e. The molecule has 3 heteroatoms. The second-order valence-electron chi connectivity index (χ2n) is 8.70. The summed E-state index contributed by atoms with van der Waals surface area (Å²) < 4.78 is 2.40. The van der Waals surface area contributed by atoms with Crippen molar-refractivity contribution in [3.05, 3.63) is 108 Å². The van der Waals surface area contributed by atoms with Crippen molar-refractivity contribution in [2.24, 2.45) is 0 Å². The van der Waals surface area contributed by atoms with E-state index < -0.39 is 0 Å². The Morgan fingerprint density at radius 2 is 1.39 bits per heavy atom. The highest BCUT2D eigenvalue weighted by molar-refractivity contribution is 5.99. The smallest absolute Gasteiger partial charge is 0.121 e. The third-order valence-electron chi connectivity index (χ3n) is 6.37. The van der Waals surface area contributed by atoms with Crippen molar-refractivity contribution in [2.45, 2.75) is 6.92 Å². The van der Waals surface area contributed by atoms with Crippen LogP contribution < -0.4 is 4.90 Å². The zero-order chi connectivity index (χ0) is 22.4. The lowest BCUT2D eigenvalue weighted by atomic mass is 10.1. The summed E-state index contributed by atoms with van der Waals surface area (Å²) in [6.45, 7) is 3.05. The fraction of sp³-hybridized carbons (Fsp3) is 0.100. The molecule has 0 saturated carbocycles. The van der Waals surface area contributed by atoms with Gasteiger partial charge in [0.2, 0.25) is 0 Å². The average Bonchev–Trinajstić information content (AvgIpc) is 3.20. The first-order valence-corrected chi connectivity index (χ1v) is 11.3. The molecule has 0 amide bonds. The van der Waals surface area contributed by atoms with Gasteiger partial charge in [0.05, 0.1) is 22.6 Å². The molecule has 0 saturated heterocycles. The number of rotatable bonds is 3. The molecule has 3 nitrogen and oxygen atoms in total. The van der Waals surface area contributed by atoms with Gasteiger partial charge in [0, 0.05) is 35.7 Å². The molecule has 3 heterocycles. The predicted molar refractivity (Wildman–Crippen MR) is 139 cm³/mol. The molecular weight excluding hydrogens is 402 g/mol. The van der Waals surface area contributed by atoms with E-state index in [0.717, 1.165) is 34.7 Å². The molecule has 1 aliphatic rings. The molecule has 0 bridgehead atoms. The number of hydrogen-bond donors (Lipinski definition) is 0. The van der Waals surface area contributed by atoms with E-state index >= 15 is 0 Å². The zero-order valence-electron chi connectivity index (χ0n) is 18.9. The molecule has 0 unspecified atom stereocenters. The van der Waals surface area contributed by atoms with Gasteiger partial charge in [-0.3, -0.25) is 4.57 Å². The number of anilines is 1. The lowest BCUT2D eigenvalue weighted by molar-refractivity contribution is 0.944. The van der Waals surface area contributed by atoms with Gasteiger partial charge in [-0.15, -0.1) is 0 Å². The van der Waals surface area contributed by atoms with Crippen molar-refractivity contribution in [3.8, 4) is 28.2 Å². The fourth-order valence-corrected chi connectivity index (χ4v) is 4.79. The van der Waals surface area contributed by atoms with Crippen LogP contribution in [0.4, 0.5) is 5.82 Å². The van der Waals surface area contributed by atoms with Crippen molar-refractivity contribution in [3.63, 3.8) is 0 Å². The van der Waals surface area contributed by atoms with Crippen molar-refractivity contribution < 1.29 is 0 Å². The Bertz CT molecular complexity index is 1440. The summed E-state index contributed by atoms with van der Waals surface area (Å²) in [6, 6.07) is 32.1. The number of hydrogen-bond acceptors (Lipinski definition) is 2. The number of aromatic nitrogens is 2. The highest BCUT2D eigenvalue weighted by Gasteiger charge is 2.23. The minimum atomic E-state index is 0.893. The number of fused-ring (bicyclic) bond motifs is 3. The Kier molecular flexibility index (Phi) is 4.62. The van der Waals surface area contributed by atoms with Gasteiger partial charge in [-0.25, -0.2) is 4.98 Å². The standard InChI is InChI=1S/C30H25N3/c1-21-15-16-29-26(18-21)25-14-9-17-32(2)30(25)33(29)24-19-27(22-10-5-3-6-11-22)31-28(20-24)23-12-7-4-8-13-23/h3-16,18-20H,17H2,1-2H3. The van der Waals surface area contributed by atoms with Gasteiger partial charge < -0.3 is 4.90 Å². The molecule has 0 spiro atoms. The predicted octanol–water partition coefficient (Wildman–Crippen LogP) is 7.13. The first kappa shape index (κ1) is 19.6. The maximum absolute atomic E-state index is 5.07. The average molecular weight is 428 g/mol. The molecule has 2 aromatic heterocycles. The lowest BCUT2D eigenvalue weighted by Gasteiger charge is -2.24. The van der Waals surface area contributed by atoms with E-state index in [1.165, 1.54) is 27.8 Å². The molecule has 0 radical (unpaired) electrons. The van der Waals surface area contributed by atoms with Crippen LogP contribution in [0.25, 0.3) is 45.2 Å². The van der Waals surface area contributed by atoms with Crippen LogP contribution in [0.1, 0.15) is 11.1 Å². The van der Waals surface area contributed by atoms with Crippen molar-refractivity contribution >= 4 is 22.8 Å². The highest BCUT2D eigenvalue weighted by Crippen LogP contribution is 2.39. The third-order valence-corrected chi connectivity index (χ3v) is 6.37. The van der Waals surface area contributed by atoms with E-state index in [2.05, 4.69) is 114 Å². The second-order valence-corrected chi connectivity index (χ2v) is 8.70. The first-order valence-electron chi connectivity index (χ1n) is 11.3. The SMILES string of the molecule is Cc1ccc2c(c1)c1c(n2-c2cc(-c3ccccc3)nc(-c3ccccc3)c2)N(C)CC=C1. The van der Waals surface area contributed by atoms with Crippen LogP contribution in [0.5, 0.6) is 0 Å². The van der Waals surface area contributed by atoms with Crippen LogP contribution in [-0.4, -0.2) is 23.1 Å². The Hall–Kier alpha value is -4.11. The molecule has 0 atom stereocenters. The zero-order valence-corrected chi connectivity index (χ0v) is 18.9. The Morgan fingerprint density at radius 3 is 2.03 bits per heavy atom. The molecule has 1 aliphatic heterocycles. The van der Waals surface area contributed by atoms with E-state index in [-0.39, 0.29) is 0 Å². The van der Waals surface area contributed by atoms with Gasteiger partial charge in [0.25, 0.3) is 0 Å². The number of nitrogens with zero attached hydrogens (tertiary/aromatic N) is 3. The number of aryl methyl sites for hydroxylation is 1. The molecule has 0 aliphatic carbocycles. The quantitative estimate of drug-likeness (QED) is 0.305. The van der Waals surface area contributed by atoms with Crippen molar-refractivity contribution in [1.82, 2.24) is 9.55 Å². The minimum absolute atomic E-state index is 0.893. The Balaban J connectivity index is 1.68. The van der Waals surface area contributed by atoms with Crippen molar-refractivity contribution in [1.29, 1.82) is 0 Å². The number of pyridine rings is 1. The van der Waals surface area contributed by atoms with Gasteiger partial charge in [0.1, 0.15) is 5.82 Å². The van der Waals surface area contributed by atoms with Crippen LogP contribution in [-0.2, 0) is 0 Å². The van der Waals surface area contributed by atoms with Crippen LogP contribution in [0, 0.1) is 6.92 Å². The first-order chi connectivity index (χ1) is 16.2. The van der Waals surface area contributed by atoms with Gasteiger partial charge in [-0.05, 0) is 31.2 Å². The van der Waals surface area contributed by atoms with E-state index in [4.69, 9.17) is 4.98 Å². The maximum atomic E-state index is 5.07. The molecule has 5 aromatic rings. The Morgan fingerprint density at radius 1 is 0.758 bits per heavy atom. The summed E-state index contributed by atoms with van der Waals surface area (Å²) in [4.78, 5) is 7.40. The van der Waals surface area contributed by atoms with Crippen molar-refractivity contribution in [2.75, 3.05) is 18.5 Å². The van der Waals surface area contributed by atoms with E-state index in [9.17, 15) is 0 Å². The second kappa shape index (κ2) is 7.79. The monoisotopic (exact) mass is 427 g/mol. The van der Waals surface area contributed by atoms with E-state index in [1.54, 1.807) is 0 Å². The molecule has 6 rings (SSSR count). The molecule has 0 N–H and O–H groups in total. The topological polar surface area (TPSA) is 21.1 Å². The molecule has 0 fully saturated rings. The van der Waals surface area contributed by atoms with Gasteiger partial charge >= 0.3 is 0 Å². The number of benzene rings is 3. The minimum Gasteiger partial charge on any atom is -0.357 e. The molecule has 160 valence electrons. The molecular formula is C30H25N3. The highest BCUT2D eigenvalue weighted by atomic mass is 15.2. The van der Waals surface area contributed by atoms with E-state index in [1.807, 2.05) is 12.1 Å². The lowest BCUT2D eigenvalue weighted by Crippen LogP contribution is -2.22. The van der Waals surface area contributed by atoms with Crippen LogP contribution >= 0.6 is 0 Å². The van der Waals surface area contributed by atoms with Crippen LogP contribution in [0.15, 0.2) is 97.1 Å². The summed E-state index contributed by atoms with van der Waals surface area (Å²) in [7, 11) is 2.17. The third kappa shape index (κ3) is 3.33. The van der Waals surface area contributed by atoms with Crippen LogP contribution in [0.3, 0.4) is 0 Å². The molecule has 33 heavy (non-hydrogen) atoms. The summed E-state index contributed by atoms with van der Waals surface area (Å²) >= 11 is 0. The fourth-order valence-electron chi connectivity index (χ4n) is 4.79. The van der Waals surface area contributed by atoms with Gasteiger partial charge in [0.15, 0.2) is 0 Å². The summed E-state index contributed by atoms with van der Waals surface area (Å²) in [5, 5.41) is 1.28. The number of likely N-dealkylation sites (N-methyl/N-ethyl adjacent to an activating group) is 1.